The number of rotatable bonds is 17. The van der Waals surface area contributed by atoms with Crippen molar-refractivity contribution in [2.75, 3.05) is 30.3 Å². The van der Waals surface area contributed by atoms with Gasteiger partial charge in [-0.25, -0.2) is 0 Å². The molecule has 0 spiro atoms. The molecule has 0 aliphatic heterocycles. The molecule has 0 aliphatic carbocycles. The average molecular weight is 377 g/mol. The van der Waals surface area contributed by atoms with Gasteiger partial charge in [-0.1, -0.05) is 78.6 Å². The molecule has 0 unspecified atom stereocenters. The standard InChI is InChI=1S/C24H44N2O/c1-4-7-10-13-18-26(19-14-11-8-5-2)22-16-17-23(25)24(21-22)27-20-15-12-9-6-3/h16-17,21H,4-15,18-20,25H2,1-3H3. The highest BCUT2D eigenvalue weighted by molar-refractivity contribution is 5.62. The van der Waals surface area contributed by atoms with Crippen molar-refractivity contribution in [1.29, 1.82) is 0 Å². The Kier molecular flexibility index (Phi) is 13.7. The van der Waals surface area contributed by atoms with Crippen molar-refractivity contribution in [3.63, 3.8) is 0 Å². The molecule has 156 valence electrons. The minimum atomic E-state index is 0.756. The van der Waals surface area contributed by atoms with Crippen LogP contribution >= 0.6 is 0 Å². The summed E-state index contributed by atoms with van der Waals surface area (Å²) in [7, 11) is 0. The summed E-state index contributed by atoms with van der Waals surface area (Å²) < 4.78 is 6.01. The summed E-state index contributed by atoms with van der Waals surface area (Å²) in [6, 6.07) is 6.34. The molecule has 0 saturated heterocycles. The first-order chi connectivity index (χ1) is 13.2. The summed E-state index contributed by atoms with van der Waals surface area (Å²) in [6.45, 7) is 9.80. The molecule has 27 heavy (non-hydrogen) atoms. The van der Waals surface area contributed by atoms with Crippen molar-refractivity contribution < 1.29 is 4.74 Å². The third-order valence-corrected chi connectivity index (χ3v) is 5.18. The van der Waals surface area contributed by atoms with E-state index in [2.05, 4.69) is 37.8 Å². The van der Waals surface area contributed by atoms with E-state index in [0.29, 0.717) is 0 Å². The smallest absolute Gasteiger partial charge is 0.144 e. The number of benzene rings is 1. The lowest BCUT2D eigenvalue weighted by Gasteiger charge is -2.26. The molecular weight excluding hydrogens is 332 g/mol. The molecule has 0 amide bonds. The molecule has 1 rings (SSSR count). The van der Waals surface area contributed by atoms with Gasteiger partial charge in [-0.2, -0.15) is 0 Å². The Labute approximate surface area is 168 Å². The maximum atomic E-state index is 6.17. The van der Waals surface area contributed by atoms with Crippen LogP contribution in [0.15, 0.2) is 18.2 Å². The fraction of sp³-hybridized carbons (Fsp3) is 0.750. The first kappa shape index (κ1) is 23.7. The lowest BCUT2D eigenvalue weighted by molar-refractivity contribution is 0.306. The van der Waals surface area contributed by atoms with E-state index in [-0.39, 0.29) is 0 Å². The summed E-state index contributed by atoms with van der Waals surface area (Å²) in [5.41, 5.74) is 8.19. The quantitative estimate of drug-likeness (QED) is 0.231. The Hall–Kier alpha value is -1.38. The van der Waals surface area contributed by atoms with Gasteiger partial charge in [0.05, 0.1) is 12.3 Å². The van der Waals surface area contributed by atoms with E-state index >= 15 is 0 Å². The third kappa shape index (κ3) is 10.5. The molecule has 0 bridgehead atoms. The minimum Gasteiger partial charge on any atom is -0.491 e. The molecule has 0 radical (unpaired) electrons. The first-order valence-corrected chi connectivity index (χ1v) is 11.5. The molecule has 0 fully saturated rings. The summed E-state index contributed by atoms with van der Waals surface area (Å²) in [6.07, 6.45) is 15.3. The molecule has 0 aromatic heterocycles. The van der Waals surface area contributed by atoms with Gasteiger partial charge in [-0.15, -0.1) is 0 Å². The van der Waals surface area contributed by atoms with Crippen LogP contribution in [0.5, 0.6) is 5.75 Å². The number of ether oxygens (including phenoxy) is 1. The summed E-state index contributed by atoms with van der Waals surface area (Å²) >= 11 is 0. The summed E-state index contributed by atoms with van der Waals surface area (Å²) in [4.78, 5) is 2.54. The van der Waals surface area contributed by atoms with Crippen LogP contribution in [-0.2, 0) is 0 Å². The molecule has 0 atom stereocenters. The number of nitrogens with two attached hydrogens (primary N) is 1. The van der Waals surface area contributed by atoms with Gasteiger partial charge in [0.2, 0.25) is 0 Å². The van der Waals surface area contributed by atoms with Gasteiger partial charge in [0.25, 0.3) is 0 Å². The number of hydrogen-bond acceptors (Lipinski definition) is 3. The third-order valence-electron chi connectivity index (χ3n) is 5.18. The number of nitrogens with zero attached hydrogens (tertiary/aromatic N) is 1. The normalized spacial score (nSPS) is 10.9. The van der Waals surface area contributed by atoms with Crippen molar-refractivity contribution in [3.8, 4) is 5.75 Å². The van der Waals surface area contributed by atoms with Gasteiger partial charge in [0.15, 0.2) is 0 Å². The molecule has 3 nitrogen and oxygen atoms in total. The van der Waals surface area contributed by atoms with E-state index in [1.54, 1.807) is 0 Å². The van der Waals surface area contributed by atoms with Gasteiger partial charge in [-0.05, 0) is 31.4 Å². The van der Waals surface area contributed by atoms with Gasteiger partial charge in [0, 0.05) is 24.8 Å². The zero-order valence-electron chi connectivity index (χ0n) is 18.3. The fourth-order valence-electron chi connectivity index (χ4n) is 3.38. The molecule has 0 saturated carbocycles. The van der Waals surface area contributed by atoms with Gasteiger partial charge >= 0.3 is 0 Å². The van der Waals surface area contributed by atoms with Crippen LogP contribution in [0.25, 0.3) is 0 Å². The second-order valence-electron chi connectivity index (χ2n) is 7.74. The monoisotopic (exact) mass is 376 g/mol. The first-order valence-electron chi connectivity index (χ1n) is 11.5. The van der Waals surface area contributed by atoms with E-state index in [9.17, 15) is 0 Å². The van der Waals surface area contributed by atoms with Crippen LogP contribution < -0.4 is 15.4 Å². The van der Waals surface area contributed by atoms with Crippen molar-refractivity contribution in [2.24, 2.45) is 0 Å². The molecule has 1 aromatic rings. The van der Waals surface area contributed by atoms with Crippen molar-refractivity contribution in [2.45, 2.75) is 97.8 Å². The van der Waals surface area contributed by atoms with E-state index in [1.165, 1.54) is 76.3 Å². The predicted molar refractivity (Wildman–Crippen MR) is 121 cm³/mol. The number of unbranched alkanes of at least 4 members (excludes halogenated alkanes) is 9. The number of nitrogen functional groups attached to an aromatic ring is 1. The average Bonchev–Trinajstić information content (AvgIpc) is 2.68. The highest BCUT2D eigenvalue weighted by Gasteiger charge is 2.10. The molecule has 0 aliphatic rings. The number of hydrogen-bond donors (Lipinski definition) is 1. The Morgan fingerprint density at radius 1 is 0.741 bits per heavy atom. The van der Waals surface area contributed by atoms with E-state index in [1.807, 2.05) is 6.07 Å². The summed E-state index contributed by atoms with van der Waals surface area (Å²) in [5, 5.41) is 0. The topological polar surface area (TPSA) is 38.5 Å². The highest BCUT2D eigenvalue weighted by atomic mass is 16.5. The Morgan fingerprint density at radius 3 is 1.85 bits per heavy atom. The molecule has 1 aromatic carbocycles. The van der Waals surface area contributed by atoms with E-state index in [0.717, 1.165) is 37.6 Å². The zero-order valence-corrected chi connectivity index (χ0v) is 18.3. The highest BCUT2D eigenvalue weighted by Crippen LogP contribution is 2.29. The Balaban J connectivity index is 2.66. The van der Waals surface area contributed by atoms with E-state index in [4.69, 9.17) is 10.5 Å². The number of anilines is 2. The summed E-state index contributed by atoms with van der Waals surface area (Å²) in [5.74, 6) is 0.858. The van der Waals surface area contributed by atoms with Crippen molar-refractivity contribution in [3.05, 3.63) is 18.2 Å². The van der Waals surface area contributed by atoms with Gasteiger partial charge < -0.3 is 15.4 Å². The van der Waals surface area contributed by atoms with Crippen LogP contribution in [0.4, 0.5) is 11.4 Å². The molecular formula is C24H44N2O. The second kappa shape index (κ2) is 15.7. The van der Waals surface area contributed by atoms with E-state index < -0.39 is 0 Å². The molecule has 0 heterocycles. The van der Waals surface area contributed by atoms with Crippen LogP contribution in [0.1, 0.15) is 97.8 Å². The van der Waals surface area contributed by atoms with Crippen LogP contribution in [0.2, 0.25) is 0 Å². The van der Waals surface area contributed by atoms with Crippen molar-refractivity contribution >= 4 is 11.4 Å². The van der Waals surface area contributed by atoms with Crippen LogP contribution in [-0.4, -0.2) is 19.7 Å². The SMILES string of the molecule is CCCCCCOc1cc(N(CCCCCC)CCCCCC)ccc1N. The minimum absolute atomic E-state index is 0.756. The Bertz CT molecular complexity index is 463. The van der Waals surface area contributed by atoms with Gasteiger partial charge in [0.1, 0.15) is 5.75 Å². The lowest BCUT2D eigenvalue weighted by atomic mass is 10.1. The second-order valence-corrected chi connectivity index (χ2v) is 7.74. The largest absolute Gasteiger partial charge is 0.491 e. The maximum Gasteiger partial charge on any atom is 0.144 e. The van der Waals surface area contributed by atoms with Crippen LogP contribution in [0.3, 0.4) is 0 Å². The molecule has 3 heteroatoms. The van der Waals surface area contributed by atoms with Gasteiger partial charge in [-0.3, -0.25) is 0 Å². The van der Waals surface area contributed by atoms with Crippen molar-refractivity contribution in [1.82, 2.24) is 0 Å². The Morgan fingerprint density at radius 2 is 1.30 bits per heavy atom. The zero-order chi connectivity index (χ0) is 19.7. The lowest BCUT2D eigenvalue weighted by Crippen LogP contribution is -2.25. The van der Waals surface area contributed by atoms with Crippen LogP contribution in [0, 0.1) is 0 Å². The molecule has 2 N–H and O–H groups in total. The predicted octanol–water partition coefficient (Wildman–Crippen LogP) is 7.19. The fourth-order valence-corrected chi connectivity index (χ4v) is 3.38. The maximum absolute atomic E-state index is 6.17.